The average Bonchev–Trinajstić information content (AvgIpc) is 2.69. The van der Waals surface area contributed by atoms with Crippen LogP contribution in [0.4, 0.5) is 0 Å². The van der Waals surface area contributed by atoms with Crippen LogP contribution in [0.1, 0.15) is 44.7 Å². The van der Waals surface area contributed by atoms with Crippen molar-refractivity contribution in [2.24, 2.45) is 17.1 Å². The number of nitrogens with two attached hydrogens (primary N) is 1. The molecule has 0 spiro atoms. The van der Waals surface area contributed by atoms with E-state index in [0.717, 1.165) is 55.8 Å². The number of carbonyl (C=O) groups excluding carboxylic acids is 1. The Kier molecular flexibility index (Phi) is 6.72. The first-order valence-electron chi connectivity index (χ1n) is 9.94. The highest BCUT2D eigenvalue weighted by Gasteiger charge is 2.41. The van der Waals surface area contributed by atoms with Gasteiger partial charge >= 0.3 is 0 Å². The molecule has 2 N–H and O–H groups in total. The summed E-state index contributed by atoms with van der Waals surface area (Å²) in [5.74, 6) is 0.556. The zero-order valence-electron chi connectivity index (χ0n) is 16.1. The molecule has 1 aromatic rings. The Bertz CT molecular complexity index is 693. The molecule has 4 nitrogen and oxygen atoms in total. The number of pyridine rings is 1. The van der Waals surface area contributed by atoms with Crippen molar-refractivity contribution in [3.05, 3.63) is 53.4 Å². The van der Waals surface area contributed by atoms with E-state index in [4.69, 9.17) is 17.3 Å². The number of nitrogens with zero attached hydrogens (tertiary/aromatic N) is 2. The fourth-order valence-electron chi connectivity index (χ4n) is 4.65. The van der Waals surface area contributed by atoms with Crippen LogP contribution in [0.3, 0.4) is 0 Å². The Hall–Kier alpha value is -1.65. The summed E-state index contributed by atoms with van der Waals surface area (Å²) in [5, 5.41) is 0.915. The Morgan fingerprint density at radius 2 is 2.15 bits per heavy atom. The van der Waals surface area contributed by atoms with E-state index in [9.17, 15) is 4.79 Å². The molecule has 0 radical (unpaired) electrons. The van der Waals surface area contributed by atoms with Gasteiger partial charge in [0.2, 0.25) is 5.91 Å². The zero-order chi connectivity index (χ0) is 19.3. The molecule has 1 aromatic heterocycles. The van der Waals surface area contributed by atoms with Gasteiger partial charge in [-0.2, -0.15) is 0 Å². The Balaban J connectivity index is 1.62. The van der Waals surface area contributed by atoms with E-state index in [1.165, 1.54) is 0 Å². The third-order valence-corrected chi connectivity index (χ3v) is 6.64. The van der Waals surface area contributed by atoms with Gasteiger partial charge in [-0.15, -0.1) is 0 Å². The third-order valence-electron chi connectivity index (χ3n) is 6.36. The zero-order valence-corrected chi connectivity index (χ0v) is 16.9. The first-order chi connectivity index (χ1) is 13.0. The summed E-state index contributed by atoms with van der Waals surface area (Å²) in [5.41, 5.74) is 7.38. The van der Waals surface area contributed by atoms with Gasteiger partial charge in [-0.3, -0.25) is 9.78 Å². The second-order valence-electron chi connectivity index (χ2n) is 7.89. The van der Waals surface area contributed by atoms with E-state index in [-0.39, 0.29) is 11.3 Å². The molecule has 5 heteroatoms. The smallest absolute Gasteiger partial charge is 0.219 e. The summed E-state index contributed by atoms with van der Waals surface area (Å²) in [6, 6.07) is 6.23. The molecule has 146 valence electrons. The summed E-state index contributed by atoms with van der Waals surface area (Å²) in [6.45, 7) is 3.08. The lowest BCUT2D eigenvalue weighted by atomic mass is 9.63. The molecule has 1 atom stereocenters. The lowest BCUT2D eigenvalue weighted by Crippen LogP contribution is -2.48. The number of aromatic nitrogens is 1. The van der Waals surface area contributed by atoms with Gasteiger partial charge in [-0.25, -0.2) is 0 Å². The predicted octanol–water partition coefficient (Wildman–Crippen LogP) is 4.06. The van der Waals surface area contributed by atoms with Gasteiger partial charge < -0.3 is 10.6 Å². The normalized spacial score (nSPS) is 27.9. The van der Waals surface area contributed by atoms with Crippen LogP contribution in [0.2, 0.25) is 0 Å². The molecular weight excluding hydrogens is 358 g/mol. The van der Waals surface area contributed by atoms with Crippen molar-refractivity contribution in [2.75, 3.05) is 13.1 Å². The maximum absolute atomic E-state index is 12.3. The molecule has 27 heavy (non-hydrogen) atoms. The summed E-state index contributed by atoms with van der Waals surface area (Å²) in [4.78, 5) is 18.7. The quantitative estimate of drug-likeness (QED) is 0.800. The highest BCUT2D eigenvalue weighted by Crippen LogP contribution is 2.47. The topological polar surface area (TPSA) is 59.2 Å². The molecule has 1 unspecified atom stereocenters. The number of hydrogen-bond donors (Lipinski definition) is 1. The van der Waals surface area contributed by atoms with Crippen LogP contribution in [0.25, 0.3) is 0 Å². The molecule has 0 bridgehead atoms. The molecular formula is C22H30ClN3O. The number of halogens is 1. The van der Waals surface area contributed by atoms with E-state index in [1.54, 1.807) is 13.1 Å². The highest BCUT2D eigenvalue weighted by molar-refractivity contribution is 6.29. The lowest BCUT2D eigenvalue weighted by Gasteiger charge is -2.47. The van der Waals surface area contributed by atoms with Crippen molar-refractivity contribution in [3.8, 4) is 0 Å². The van der Waals surface area contributed by atoms with Gasteiger partial charge in [0.05, 0.1) is 0 Å². The van der Waals surface area contributed by atoms with Crippen LogP contribution in [0.15, 0.2) is 47.7 Å². The SMILES string of the molecule is CC(=O)N(CCc1ccccn1)C1CCC(CN)(C2C=CC=C(Cl)C2)CC1. The van der Waals surface area contributed by atoms with Gasteiger partial charge in [0.15, 0.2) is 0 Å². The molecule has 1 amide bonds. The fraction of sp³-hybridized carbons (Fsp3) is 0.545. The summed E-state index contributed by atoms with van der Waals surface area (Å²) in [7, 11) is 0. The van der Waals surface area contributed by atoms with E-state index in [1.807, 2.05) is 29.2 Å². The summed E-state index contributed by atoms with van der Waals surface area (Å²) < 4.78 is 0. The average molecular weight is 388 g/mol. The minimum absolute atomic E-state index is 0.102. The van der Waals surface area contributed by atoms with Gasteiger partial charge in [-0.05, 0) is 68.2 Å². The molecule has 0 aliphatic heterocycles. The van der Waals surface area contributed by atoms with E-state index in [0.29, 0.717) is 18.5 Å². The van der Waals surface area contributed by atoms with Crippen molar-refractivity contribution in [1.29, 1.82) is 0 Å². The number of allylic oxidation sites excluding steroid dienone is 4. The second-order valence-corrected chi connectivity index (χ2v) is 8.38. The molecule has 2 aliphatic rings. The molecule has 1 saturated carbocycles. The molecule has 2 aliphatic carbocycles. The van der Waals surface area contributed by atoms with Crippen LogP contribution in [-0.2, 0) is 11.2 Å². The van der Waals surface area contributed by atoms with Crippen LogP contribution in [0.5, 0.6) is 0 Å². The fourth-order valence-corrected chi connectivity index (χ4v) is 4.89. The van der Waals surface area contributed by atoms with Crippen LogP contribution < -0.4 is 5.73 Å². The van der Waals surface area contributed by atoms with Gasteiger partial charge in [-0.1, -0.05) is 29.8 Å². The monoisotopic (exact) mass is 387 g/mol. The maximum Gasteiger partial charge on any atom is 0.219 e. The molecule has 3 rings (SSSR count). The van der Waals surface area contributed by atoms with Crippen molar-refractivity contribution >= 4 is 17.5 Å². The number of rotatable bonds is 6. The minimum Gasteiger partial charge on any atom is -0.340 e. The molecule has 1 heterocycles. The lowest BCUT2D eigenvalue weighted by molar-refractivity contribution is -0.132. The van der Waals surface area contributed by atoms with Crippen molar-refractivity contribution < 1.29 is 4.79 Å². The van der Waals surface area contributed by atoms with E-state index >= 15 is 0 Å². The van der Waals surface area contributed by atoms with Crippen LogP contribution in [-0.4, -0.2) is 34.9 Å². The maximum atomic E-state index is 12.3. The second kappa shape index (κ2) is 9.03. The van der Waals surface area contributed by atoms with Gasteiger partial charge in [0.25, 0.3) is 0 Å². The molecule has 0 aromatic carbocycles. The van der Waals surface area contributed by atoms with Crippen molar-refractivity contribution in [2.45, 2.75) is 51.5 Å². The Labute approximate surface area is 167 Å². The van der Waals surface area contributed by atoms with E-state index in [2.05, 4.69) is 17.1 Å². The predicted molar refractivity (Wildman–Crippen MR) is 110 cm³/mol. The Morgan fingerprint density at radius 1 is 1.37 bits per heavy atom. The van der Waals surface area contributed by atoms with Crippen molar-refractivity contribution in [3.63, 3.8) is 0 Å². The summed E-state index contributed by atoms with van der Waals surface area (Å²) in [6.07, 6.45) is 13.9. The summed E-state index contributed by atoms with van der Waals surface area (Å²) >= 11 is 6.28. The minimum atomic E-state index is 0.102. The number of amides is 1. The van der Waals surface area contributed by atoms with Crippen LogP contribution in [0, 0.1) is 11.3 Å². The first kappa shape index (κ1) is 20.1. The number of carbonyl (C=O) groups is 1. The standard InChI is InChI=1S/C22H30ClN3O/c1-17(27)26(14-10-20-7-2-3-13-25-20)21-8-11-22(16-24,12-9-21)18-5-4-6-19(23)15-18/h2-7,13,18,21H,8-12,14-16,24H2,1H3. The number of hydrogen-bond acceptors (Lipinski definition) is 3. The highest BCUT2D eigenvalue weighted by atomic mass is 35.5. The van der Waals surface area contributed by atoms with Gasteiger partial charge in [0, 0.05) is 42.9 Å². The van der Waals surface area contributed by atoms with Crippen LogP contribution >= 0.6 is 11.6 Å². The van der Waals surface area contributed by atoms with Crippen molar-refractivity contribution in [1.82, 2.24) is 9.88 Å². The first-order valence-corrected chi connectivity index (χ1v) is 10.3. The molecule has 1 fully saturated rings. The third kappa shape index (κ3) is 4.80. The molecule has 0 saturated heterocycles. The largest absolute Gasteiger partial charge is 0.340 e. The Morgan fingerprint density at radius 3 is 2.74 bits per heavy atom. The van der Waals surface area contributed by atoms with Gasteiger partial charge in [0.1, 0.15) is 0 Å². The van der Waals surface area contributed by atoms with E-state index < -0.39 is 0 Å².